The monoisotopic (exact) mass is 278 g/mol. The van der Waals surface area contributed by atoms with Gasteiger partial charge in [0.2, 0.25) is 0 Å². The van der Waals surface area contributed by atoms with E-state index in [0.29, 0.717) is 5.75 Å². The van der Waals surface area contributed by atoms with E-state index in [4.69, 9.17) is 14.3 Å². The first-order chi connectivity index (χ1) is 9.11. The van der Waals surface area contributed by atoms with E-state index in [9.17, 15) is 4.79 Å². The average molecular weight is 278 g/mol. The van der Waals surface area contributed by atoms with Crippen LogP contribution in [0.3, 0.4) is 0 Å². The molecular weight excluding hydrogens is 264 g/mol. The number of thioether (sulfide) groups is 1. The number of hydrogen-bond donors (Lipinski definition) is 1. The first kappa shape index (κ1) is 13.5. The van der Waals surface area contributed by atoms with Gasteiger partial charge in [-0.05, 0) is 30.7 Å². The largest absolute Gasteiger partial charge is 0.496 e. The number of carboxylic acid groups (broad SMARTS) is 1. The zero-order chi connectivity index (χ0) is 13.8. The van der Waals surface area contributed by atoms with E-state index in [0.717, 1.165) is 22.0 Å². The molecule has 1 aromatic heterocycles. The first-order valence-electron chi connectivity index (χ1n) is 5.69. The Morgan fingerprint density at radius 1 is 1.42 bits per heavy atom. The van der Waals surface area contributed by atoms with Gasteiger partial charge < -0.3 is 14.3 Å². The first-order valence-corrected chi connectivity index (χ1v) is 6.67. The van der Waals surface area contributed by atoms with E-state index in [2.05, 4.69) is 0 Å². The summed E-state index contributed by atoms with van der Waals surface area (Å²) in [5.74, 6) is 1.02. The van der Waals surface area contributed by atoms with Gasteiger partial charge in [0.25, 0.3) is 0 Å². The lowest BCUT2D eigenvalue weighted by Crippen LogP contribution is -2.00. The number of carbonyl (C=O) groups is 1. The normalized spacial score (nSPS) is 10.4. The molecule has 0 atom stereocenters. The molecule has 0 aliphatic rings. The second kappa shape index (κ2) is 5.84. The average Bonchev–Trinajstić information content (AvgIpc) is 2.81. The van der Waals surface area contributed by atoms with Crippen molar-refractivity contribution in [1.82, 2.24) is 0 Å². The van der Waals surface area contributed by atoms with Crippen molar-refractivity contribution >= 4 is 17.7 Å². The van der Waals surface area contributed by atoms with Crippen LogP contribution in [0.2, 0.25) is 0 Å². The minimum Gasteiger partial charge on any atom is -0.496 e. The molecule has 0 saturated heterocycles. The number of benzene rings is 1. The zero-order valence-corrected chi connectivity index (χ0v) is 11.5. The number of carboxylic acids is 1. The SMILES string of the molecule is COc1cc(CSc2ccoc2C)ccc1C(=O)O. The van der Waals surface area contributed by atoms with Crippen molar-refractivity contribution in [3.05, 3.63) is 47.4 Å². The van der Waals surface area contributed by atoms with E-state index in [-0.39, 0.29) is 5.56 Å². The molecule has 1 N–H and O–H groups in total. The van der Waals surface area contributed by atoms with Crippen LogP contribution in [-0.2, 0) is 5.75 Å². The van der Waals surface area contributed by atoms with Gasteiger partial charge >= 0.3 is 5.97 Å². The molecule has 0 radical (unpaired) electrons. The lowest BCUT2D eigenvalue weighted by Gasteiger charge is -2.07. The lowest BCUT2D eigenvalue weighted by molar-refractivity contribution is 0.0693. The third kappa shape index (κ3) is 3.12. The maximum atomic E-state index is 11.0. The fraction of sp³-hybridized carbons (Fsp3) is 0.214. The minimum absolute atomic E-state index is 0.177. The van der Waals surface area contributed by atoms with E-state index in [1.54, 1.807) is 36.2 Å². The highest BCUT2D eigenvalue weighted by molar-refractivity contribution is 7.98. The molecule has 2 rings (SSSR count). The standard InChI is InChI=1S/C14H14O4S/c1-9-13(5-6-18-9)19-8-10-3-4-11(14(15)16)12(7-10)17-2/h3-7H,8H2,1-2H3,(H,15,16). The Balaban J connectivity index is 2.13. The van der Waals surface area contributed by atoms with Crippen LogP contribution in [0.4, 0.5) is 0 Å². The smallest absolute Gasteiger partial charge is 0.339 e. The van der Waals surface area contributed by atoms with Crippen LogP contribution in [-0.4, -0.2) is 18.2 Å². The molecule has 0 bridgehead atoms. The molecule has 0 unspecified atom stereocenters. The molecule has 4 nitrogen and oxygen atoms in total. The molecule has 0 spiro atoms. The summed E-state index contributed by atoms with van der Waals surface area (Å²) < 4.78 is 10.3. The molecule has 0 aliphatic heterocycles. The van der Waals surface area contributed by atoms with Gasteiger partial charge in [0, 0.05) is 10.6 Å². The quantitative estimate of drug-likeness (QED) is 0.847. The Hall–Kier alpha value is -1.88. The van der Waals surface area contributed by atoms with Crippen LogP contribution in [0.5, 0.6) is 5.75 Å². The third-order valence-electron chi connectivity index (χ3n) is 2.70. The Morgan fingerprint density at radius 3 is 2.79 bits per heavy atom. The van der Waals surface area contributed by atoms with Gasteiger partial charge in [0.1, 0.15) is 17.1 Å². The predicted octanol–water partition coefficient (Wildman–Crippen LogP) is 3.59. The fourth-order valence-electron chi connectivity index (χ4n) is 1.69. The minimum atomic E-state index is -0.985. The van der Waals surface area contributed by atoms with Gasteiger partial charge in [-0.1, -0.05) is 6.07 Å². The van der Waals surface area contributed by atoms with Crippen LogP contribution in [0.15, 0.2) is 39.8 Å². The van der Waals surface area contributed by atoms with Crippen molar-refractivity contribution in [2.75, 3.05) is 7.11 Å². The molecule has 5 heteroatoms. The second-order valence-corrected chi connectivity index (χ2v) is 4.99. The second-order valence-electron chi connectivity index (χ2n) is 3.97. The number of furan rings is 1. The van der Waals surface area contributed by atoms with Crippen molar-refractivity contribution in [3.63, 3.8) is 0 Å². The highest BCUT2D eigenvalue weighted by Gasteiger charge is 2.11. The third-order valence-corrected chi connectivity index (χ3v) is 3.91. The highest BCUT2D eigenvalue weighted by atomic mass is 32.2. The van der Waals surface area contributed by atoms with Gasteiger partial charge in [-0.3, -0.25) is 0 Å². The number of ether oxygens (including phenoxy) is 1. The van der Waals surface area contributed by atoms with Gasteiger partial charge in [-0.15, -0.1) is 11.8 Å². The van der Waals surface area contributed by atoms with Gasteiger partial charge in [0.05, 0.1) is 13.4 Å². The van der Waals surface area contributed by atoms with Gasteiger partial charge in [0.15, 0.2) is 0 Å². The Bertz CT molecular complexity index is 589. The summed E-state index contributed by atoms with van der Waals surface area (Å²) in [7, 11) is 1.47. The summed E-state index contributed by atoms with van der Waals surface area (Å²) in [6, 6.07) is 7.04. The predicted molar refractivity (Wildman–Crippen MR) is 73.0 cm³/mol. The van der Waals surface area contributed by atoms with Crippen LogP contribution in [0.1, 0.15) is 21.7 Å². The molecule has 0 fully saturated rings. The fourth-order valence-corrected chi connectivity index (χ4v) is 2.59. The molecule has 0 amide bonds. The summed E-state index contributed by atoms with van der Waals surface area (Å²) in [5.41, 5.74) is 1.18. The van der Waals surface area contributed by atoms with E-state index >= 15 is 0 Å². The summed E-state index contributed by atoms with van der Waals surface area (Å²) in [6.45, 7) is 1.91. The lowest BCUT2D eigenvalue weighted by atomic mass is 10.1. The molecule has 1 aromatic carbocycles. The van der Waals surface area contributed by atoms with Crippen LogP contribution in [0.25, 0.3) is 0 Å². The maximum absolute atomic E-state index is 11.0. The summed E-state index contributed by atoms with van der Waals surface area (Å²) >= 11 is 1.64. The van der Waals surface area contributed by atoms with Gasteiger partial charge in [-0.25, -0.2) is 4.79 Å². The number of hydrogen-bond acceptors (Lipinski definition) is 4. The van der Waals surface area contributed by atoms with Gasteiger partial charge in [-0.2, -0.15) is 0 Å². The number of rotatable bonds is 5. The summed E-state index contributed by atoms with van der Waals surface area (Å²) in [6.07, 6.45) is 1.66. The number of aromatic carboxylic acids is 1. The molecule has 2 aromatic rings. The van der Waals surface area contributed by atoms with Crippen LogP contribution >= 0.6 is 11.8 Å². The summed E-state index contributed by atoms with van der Waals surface area (Å²) in [5, 5.41) is 9.01. The van der Waals surface area contributed by atoms with Crippen LogP contribution in [0, 0.1) is 6.92 Å². The van der Waals surface area contributed by atoms with E-state index in [1.807, 2.05) is 13.0 Å². The molecule has 19 heavy (non-hydrogen) atoms. The van der Waals surface area contributed by atoms with Crippen molar-refractivity contribution in [3.8, 4) is 5.75 Å². The summed E-state index contributed by atoms with van der Waals surface area (Å²) in [4.78, 5) is 12.1. The van der Waals surface area contributed by atoms with Crippen LogP contribution < -0.4 is 4.74 Å². The van der Waals surface area contributed by atoms with E-state index < -0.39 is 5.97 Å². The van der Waals surface area contributed by atoms with Crippen molar-refractivity contribution in [2.45, 2.75) is 17.6 Å². The zero-order valence-electron chi connectivity index (χ0n) is 10.7. The Kier molecular flexibility index (Phi) is 4.16. The number of methoxy groups -OCH3 is 1. The maximum Gasteiger partial charge on any atom is 0.339 e. The van der Waals surface area contributed by atoms with E-state index in [1.165, 1.54) is 7.11 Å². The van der Waals surface area contributed by atoms with Crippen molar-refractivity contribution < 1.29 is 19.1 Å². The number of aryl methyl sites for hydroxylation is 1. The Morgan fingerprint density at radius 2 is 2.21 bits per heavy atom. The molecule has 0 aliphatic carbocycles. The highest BCUT2D eigenvalue weighted by Crippen LogP contribution is 2.29. The topological polar surface area (TPSA) is 59.7 Å². The molecule has 100 valence electrons. The molecular formula is C14H14O4S. The van der Waals surface area contributed by atoms with Crippen molar-refractivity contribution in [2.24, 2.45) is 0 Å². The van der Waals surface area contributed by atoms with Crippen molar-refractivity contribution in [1.29, 1.82) is 0 Å². The molecule has 1 heterocycles. The molecule has 0 saturated carbocycles. The Labute approximate surface area is 115 Å².